The van der Waals surface area contributed by atoms with E-state index in [0.29, 0.717) is 5.92 Å². The van der Waals surface area contributed by atoms with Gasteiger partial charge in [-0.15, -0.1) is 0 Å². The molecule has 1 atom stereocenters. The van der Waals surface area contributed by atoms with Gasteiger partial charge in [0.25, 0.3) is 0 Å². The Bertz CT molecular complexity index is 138. The Morgan fingerprint density at radius 2 is 2.27 bits per heavy atom. The number of hydrogen-bond acceptors (Lipinski definition) is 2. The SMILES string of the molecule is COC(C)C(=O)CC1CCC1. The van der Waals surface area contributed by atoms with Crippen LogP contribution in [0, 0.1) is 5.92 Å². The topological polar surface area (TPSA) is 26.3 Å². The first-order chi connectivity index (χ1) is 5.24. The van der Waals surface area contributed by atoms with Crippen LogP contribution in [0.2, 0.25) is 0 Å². The Morgan fingerprint density at radius 3 is 2.64 bits per heavy atom. The smallest absolute Gasteiger partial charge is 0.161 e. The molecule has 0 saturated heterocycles. The van der Waals surface area contributed by atoms with E-state index >= 15 is 0 Å². The summed E-state index contributed by atoms with van der Waals surface area (Å²) >= 11 is 0. The van der Waals surface area contributed by atoms with Crippen LogP contribution >= 0.6 is 0 Å². The van der Waals surface area contributed by atoms with Gasteiger partial charge in [0.2, 0.25) is 0 Å². The predicted octanol–water partition coefficient (Wildman–Crippen LogP) is 1.78. The molecule has 11 heavy (non-hydrogen) atoms. The van der Waals surface area contributed by atoms with Crippen LogP contribution in [-0.2, 0) is 9.53 Å². The van der Waals surface area contributed by atoms with Crippen molar-refractivity contribution >= 4 is 5.78 Å². The van der Waals surface area contributed by atoms with Gasteiger partial charge in [-0.25, -0.2) is 0 Å². The number of ether oxygens (including phenoxy) is 1. The molecule has 1 rings (SSSR count). The van der Waals surface area contributed by atoms with Gasteiger partial charge in [0, 0.05) is 13.5 Å². The lowest BCUT2D eigenvalue weighted by atomic mass is 9.81. The largest absolute Gasteiger partial charge is 0.374 e. The number of hydrogen-bond donors (Lipinski definition) is 0. The zero-order chi connectivity index (χ0) is 8.27. The molecule has 0 aromatic heterocycles. The minimum absolute atomic E-state index is 0.199. The van der Waals surface area contributed by atoms with Crippen molar-refractivity contribution in [2.45, 2.75) is 38.7 Å². The number of carbonyl (C=O) groups excluding carboxylic acids is 1. The summed E-state index contributed by atoms with van der Waals surface area (Å²) in [6.45, 7) is 1.82. The van der Waals surface area contributed by atoms with Crippen molar-refractivity contribution < 1.29 is 9.53 Å². The zero-order valence-corrected chi connectivity index (χ0v) is 7.30. The minimum Gasteiger partial charge on any atom is -0.374 e. The lowest BCUT2D eigenvalue weighted by molar-refractivity contribution is -0.129. The standard InChI is InChI=1S/C9H16O2/c1-7(11-2)9(10)6-8-4-3-5-8/h7-8H,3-6H2,1-2H3. The van der Waals surface area contributed by atoms with Crippen LogP contribution in [0.4, 0.5) is 0 Å². The molecule has 1 aliphatic rings. The van der Waals surface area contributed by atoms with Crippen LogP contribution in [-0.4, -0.2) is 19.0 Å². The number of carbonyl (C=O) groups is 1. The normalized spacial score (nSPS) is 20.9. The van der Waals surface area contributed by atoms with Crippen LogP contribution in [0.3, 0.4) is 0 Å². The first kappa shape index (κ1) is 8.72. The van der Waals surface area contributed by atoms with Crippen LogP contribution in [0.25, 0.3) is 0 Å². The van der Waals surface area contributed by atoms with Gasteiger partial charge >= 0.3 is 0 Å². The van der Waals surface area contributed by atoms with Gasteiger partial charge in [-0.3, -0.25) is 4.79 Å². The fourth-order valence-corrected chi connectivity index (χ4v) is 1.28. The summed E-state index contributed by atoms with van der Waals surface area (Å²) in [7, 11) is 1.59. The van der Waals surface area contributed by atoms with Gasteiger partial charge < -0.3 is 4.74 Å². The summed E-state index contributed by atoms with van der Waals surface area (Å²) in [5, 5.41) is 0. The monoisotopic (exact) mass is 156 g/mol. The Hall–Kier alpha value is -0.370. The molecule has 1 aliphatic carbocycles. The highest BCUT2D eigenvalue weighted by molar-refractivity contribution is 5.82. The third kappa shape index (κ3) is 2.29. The van der Waals surface area contributed by atoms with Crippen LogP contribution in [0.5, 0.6) is 0 Å². The van der Waals surface area contributed by atoms with E-state index in [1.165, 1.54) is 19.3 Å². The second kappa shape index (κ2) is 3.86. The van der Waals surface area contributed by atoms with Crippen molar-refractivity contribution in [1.29, 1.82) is 0 Å². The fourth-order valence-electron chi connectivity index (χ4n) is 1.28. The van der Waals surface area contributed by atoms with Crippen LogP contribution in [0.1, 0.15) is 32.6 Å². The fraction of sp³-hybridized carbons (Fsp3) is 0.889. The van der Waals surface area contributed by atoms with Gasteiger partial charge in [-0.2, -0.15) is 0 Å². The van der Waals surface area contributed by atoms with Gasteiger partial charge in [0.1, 0.15) is 6.10 Å². The van der Waals surface area contributed by atoms with Gasteiger partial charge in [-0.05, 0) is 12.8 Å². The maximum atomic E-state index is 11.3. The predicted molar refractivity (Wildman–Crippen MR) is 43.4 cm³/mol. The summed E-state index contributed by atoms with van der Waals surface area (Å²) in [6.07, 6.45) is 4.31. The van der Waals surface area contributed by atoms with Crippen molar-refractivity contribution in [3.63, 3.8) is 0 Å². The summed E-state index contributed by atoms with van der Waals surface area (Å²) in [5.74, 6) is 0.928. The summed E-state index contributed by atoms with van der Waals surface area (Å²) in [5.41, 5.74) is 0. The first-order valence-corrected chi connectivity index (χ1v) is 4.29. The number of ketones is 1. The molecule has 2 nitrogen and oxygen atoms in total. The highest BCUT2D eigenvalue weighted by atomic mass is 16.5. The Kier molecular flexibility index (Phi) is 3.06. The molecule has 1 fully saturated rings. The molecule has 0 heterocycles. The van der Waals surface area contributed by atoms with Crippen molar-refractivity contribution in [3.8, 4) is 0 Å². The van der Waals surface area contributed by atoms with Crippen molar-refractivity contribution in [2.75, 3.05) is 7.11 Å². The molecule has 0 aliphatic heterocycles. The number of rotatable bonds is 4. The molecule has 64 valence electrons. The molecule has 1 unspecified atom stereocenters. The molecule has 0 aromatic rings. The van der Waals surface area contributed by atoms with E-state index in [0.717, 1.165) is 6.42 Å². The van der Waals surface area contributed by atoms with E-state index in [2.05, 4.69) is 0 Å². The van der Waals surface area contributed by atoms with Gasteiger partial charge in [0.05, 0.1) is 0 Å². The van der Waals surface area contributed by atoms with E-state index in [1.807, 2.05) is 6.92 Å². The molecule has 0 amide bonds. The van der Waals surface area contributed by atoms with Crippen molar-refractivity contribution in [2.24, 2.45) is 5.92 Å². The lowest BCUT2D eigenvalue weighted by Gasteiger charge is -2.25. The number of Topliss-reactive ketones (excluding diaryl/α,β-unsaturated/α-hetero) is 1. The second-order valence-electron chi connectivity index (χ2n) is 3.35. The van der Waals surface area contributed by atoms with E-state index in [1.54, 1.807) is 7.11 Å². The van der Waals surface area contributed by atoms with E-state index < -0.39 is 0 Å². The Morgan fingerprint density at radius 1 is 1.64 bits per heavy atom. The number of methoxy groups -OCH3 is 1. The summed E-state index contributed by atoms with van der Waals surface area (Å²) in [6, 6.07) is 0. The van der Waals surface area contributed by atoms with E-state index in [4.69, 9.17) is 4.74 Å². The van der Waals surface area contributed by atoms with Crippen molar-refractivity contribution in [1.82, 2.24) is 0 Å². The van der Waals surface area contributed by atoms with Crippen LogP contribution in [0.15, 0.2) is 0 Å². The second-order valence-corrected chi connectivity index (χ2v) is 3.35. The van der Waals surface area contributed by atoms with Crippen molar-refractivity contribution in [3.05, 3.63) is 0 Å². The maximum absolute atomic E-state index is 11.3. The van der Waals surface area contributed by atoms with Gasteiger partial charge in [0.15, 0.2) is 5.78 Å². The molecule has 0 radical (unpaired) electrons. The molecule has 0 bridgehead atoms. The minimum atomic E-state index is -0.199. The van der Waals surface area contributed by atoms with Crippen LogP contribution < -0.4 is 0 Å². The third-order valence-corrected chi connectivity index (χ3v) is 2.52. The van der Waals surface area contributed by atoms with E-state index in [9.17, 15) is 4.79 Å². The zero-order valence-electron chi connectivity index (χ0n) is 7.30. The average Bonchev–Trinajstić information content (AvgIpc) is 1.94. The summed E-state index contributed by atoms with van der Waals surface area (Å²) < 4.78 is 4.93. The molecular formula is C9H16O2. The highest BCUT2D eigenvalue weighted by Gasteiger charge is 2.23. The lowest BCUT2D eigenvalue weighted by Crippen LogP contribution is -2.24. The van der Waals surface area contributed by atoms with Gasteiger partial charge in [-0.1, -0.05) is 19.3 Å². The third-order valence-electron chi connectivity index (χ3n) is 2.52. The maximum Gasteiger partial charge on any atom is 0.161 e. The molecule has 1 saturated carbocycles. The first-order valence-electron chi connectivity index (χ1n) is 4.29. The Balaban J connectivity index is 2.19. The molecule has 0 N–H and O–H groups in total. The quantitative estimate of drug-likeness (QED) is 0.620. The summed E-state index contributed by atoms with van der Waals surface area (Å²) in [4.78, 5) is 11.3. The van der Waals surface area contributed by atoms with E-state index in [-0.39, 0.29) is 11.9 Å². The molecule has 0 spiro atoms. The highest BCUT2D eigenvalue weighted by Crippen LogP contribution is 2.29. The Labute approximate surface area is 67.9 Å². The molecular weight excluding hydrogens is 140 g/mol. The molecule has 2 heteroatoms. The average molecular weight is 156 g/mol. The molecule has 0 aromatic carbocycles.